The van der Waals surface area contributed by atoms with Gasteiger partial charge in [-0.05, 0) is 12.8 Å². The summed E-state index contributed by atoms with van der Waals surface area (Å²) in [6, 6.07) is 0. The lowest BCUT2D eigenvalue weighted by Crippen LogP contribution is -2.12. The number of carbonyl (C=O) groups is 2. The minimum atomic E-state index is -0.773. The highest BCUT2D eigenvalue weighted by Gasteiger charge is 2.20. The van der Waals surface area contributed by atoms with Crippen molar-refractivity contribution in [1.29, 1.82) is 0 Å². The van der Waals surface area contributed by atoms with Crippen molar-refractivity contribution < 1.29 is 19.1 Å². The maximum Gasteiger partial charge on any atom is 0.351 e. The molecule has 0 atom stereocenters. The molecule has 0 amide bonds. The van der Waals surface area contributed by atoms with Crippen LogP contribution in [0.2, 0.25) is 0 Å². The number of ether oxygens (including phenoxy) is 2. The van der Waals surface area contributed by atoms with Gasteiger partial charge in [-0.15, -0.1) is 0 Å². The summed E-state index contributed by atoms with van der Waals surface area (Å²) in [6.07, 6.45) is 15.7. The molecule has 0 aliphatic rings. The molecule has 0 radical (unpaired) electrons. The van der Waals surface area contributed by atoms with Gasteiger partial charge in [0.1, 0.15) is 0 Å². The third-order valence-electron chi connectivity index (χ3n) is 4.51. The number of hydrogen-bond acceptors (Lipinski definition) is 4. The van der Waals surface area contributed by atoms with Crippen LogP contribution in [0, 0.1) is 0 Å². The molecule has 0 saturated carbocycles. The minimum absolute atomic E-state index is 0.278. The fourth-order valence-corrected chi connectivity index (χ4v) is 3.02. The average Bonchev–Trinajstić information content (AvgIpc) is 2.70. The van der Waals surface area contributed by atoms with Gasteiger partial charge in [0, 0.05) is 0 Å². The van der Waals surface area contributed by atoms with E-state index in [1.165, 1.54) is 51.4 Å². The first-order chi connectivity index (χ1) is 13.5. The monoisotopic (exact) mass is 436 g/mol. The maximum absolute atomic E-state index is 11.9. The normalized spacial score (nSPS) is 11.9. The number of hydrogen-bond donors (Lipinski definition) is 0. The molecule has 0 saturated heterocycles. The number of unbranched alkanes of at least 4 members (excludes halogenated alkanes) is 12. The van der Waals surface area contributed by atoms with E-state index in [0.29, 0.717) is 0 Å². The zero-order valence-corrected chi connectivity index (χ0v) is 19.2. The van der Waals surface area contributed by atoms with E-state index in [1.54, 1.807) is 0 Å². The van der Waals surface area contributed by atoms with Gasteiger partial charge >= 0.3 is 11.9 Å². The van der Waals surface area contributed by atoms with E-state index in [9.17, 15) is 9.59 Å². The Morgan fingerprint density at radius 3 is 1.14 bits per heavy atom. The molecule has 0 rings (SSSR count). The molecule has 0 aromatic rings. The summed E-state index contributed by atoms with van der Waals surface area (Å²) in [4.78, 5) is 23.7. The largest absolute Gasteiger partial charge is 0.461 e. The molecule has 0 aromatic carbocycles. The Morgan fingerprint density at radius 2 is 0.821 bits per heavy atom. The van der Waals surface area contributed by atoms with Crippen LogP contribution in [0.5, 0.6) is 0 Å². The molecule has 4 nitrogen and oxygen atoms in total. The summed E-state index contributed by atoms with van der Waals surface area (Å²) >= 11 is 11.7. The molecular formula is C22H38Cl2O4. The molecule has 0 aromatic heterocycles. The van der Waals surface area contributed by atoms with Crippen molar-refractivity contribution in [1.82, 2.24) is 0 Å². The van der Waals surface area contributed by atoms with Crippen LogP contribution < -0.4 is 0 Å². The van der Waals surface area contributed by atoms with Crippen LogP contribution in [0.4, 0.5) is 0 Å². The summed E-state index contributed by atoms with van der Waals surface area (Å²) in [5, 5.41) is -0.816. The topological polar surface area (TPSA) is 52.6 Å². The Hall–Kier alpha value is -0.740. The van der Waals surface area contributed by atoms with Crippen LogP contribution in [0.1, 0.15) is 104 Å². The lowest BCUT2D eigenvalue weighted by Gasteiger charge is -2.07. The molecule has 0 aliphatic heterocycles. The summed E-state index contributed by atoms with van der Waals surface area (Å²) in [6.45, 7) is 4.93. The third kappa shape index (κ3) is 15.2. The van der Waals surface area contributed by atoms with Crippen LogP contribution in [-0.2, 0) is 19.1 Å². The van der Waals surface area contributed by atoms with E-state index in [4.69, 9.17) is 32.7 Å². The molecule has 0 fully saturated rings. The minimum Gasteiger partial charge on any atom is -0.461 e. The molecular weight excluding hydrogens is 399 g/mol. The number of rotatable bonds is 18. The number of esters is 2. The molecule has 164 valence electrons. The van der Waals surface area contributed by atoms with Crippen LogP contribution in [-0.4, -0.2) is 25.2 Å². The SMILES string of the molecule is CCCCCCCCCOC(=O)/C(Cl)=C(/Cl)C(=O)OCCCCCCCCC. The lowest BCUT2D eigenvalue weighted by molar-refractivity contribution is -0.141. The van der Waals surface area contributed by atoms with Crippen LogP contribution in [0.25, 0.3) is 0 Å². The van der Waals surface area contributed by atoms with Gasteiger partial charge in [0.25, 0.3) is 0 Å². The summed E-state index contributed by atoms with van der Waals surface area (Å²) < 4.78 is 10.1. The van der Waals surface area contributed by atoms with E-state index in [1.807, 2.05) is 0 Å². The Kier molecular flexibility index (Phi) is 19.1. The first kappa shape index (κ1) is 27.3. The number of halogens is 2. The predicted octanol–water partition coefficient (Wildman–Crippen LogP) is 7.26. The van der Waals surface area contributed by atoms with Gasteiger partial charge in [-0.3, -0.25) is 0 Å². The lowest BCUT2D eigenvalue weighted by atomic mass is 10.1. The van der Waals surface area contributed by atoms with Crippen molar-refractivity contribution in [2.24, 2.45) is 0 Å². The average molecular weight is 437 g/mol. The van der Waals surface area contributed by atoms with Crippen molar-refractivity contribution >= 4 is 35.1 Å². The second-order valence-electron chi connectivity index (χ2n) is 7.14. The summed E-state index contributed by atoms with van der Waals surface area (Å²) in [5.74, 6) is -1.55. The van der Waals surface area contributed by atoms with Gasteiger partial charge in [0.05, 0.1) is 13.2 Å². The molecule has 0 aliphatic carbocycles. The molecule has 0 heterocycles. The van der Waals surface area contributed by atoms with E-state index in [2.05, 4.69) is 13.8 Å². The van der Waals surface area contributed by atoms with Gasteiger partial charge in [0.15, 0.2) is 10.1 Å². The Labute approximate surface area is 181 Å². The highest BCUT2D eigenvalue weighted by molar-refractivity contribution is 6.53. The smallest absolute Gasteiger partial charge is 0.351 e. The van der Waals surface area contributed by atoms with Crippen LogP contribution in [0.3, 0.4) is 0 Å². The highest BCUT2D eigenvalue weighted by atomic mass is 35.5. The van der Waals surface area contributed by atoms with Crippen LogP contribution in [0.15, 0.2) is 10.1 Å². The first-order valence-electron chi connectivity index (χ1n) is 10.9. The molecule has 0 bridgehead atoms. The molecule has 6 heteroatoms. The fraction of sp³-hybridized carbons (Fsp3) is 0.818. The number of carbonyl (C=O) groups excluding carboxylic acids is 2. The predicted molar refractivity (Wildman–Crippen MR) is 117 cm³/mol. The van der Waals surface area contributed by atoms with E-state index < -0.39 is 22.0 Å². The third-order valence-corrected chi connectivity index (χ3v) is 5.30. The summed E-state index contributed by atoms with van der Waals surface area (Å²) in [5.41, 5.74) is 0. The quantitative estimate of drug-likeness (QED) is 0.129. The van der Waals surface area contributed by atoms with Crippen molar-refractivity contribution in [2.45, 2.75) is 104 Å². The van der Waals surface area contributed by atoms with Crippen molar-refractivity contribution in [2.75, 3.05) is 13.2 Å². The highest BCUT2D eigenvalue weighted by Crippen LogP contribution is 2.18. The Balaban J connectivity index is 3.88. The fourth-order valence-electron chi connectivity index (χ4n) is 2.75. The van der Waals surface area contributed by atoms with E-state index >= 15 is 0 Å². The van der Waals surface area contributed by atoms with Crippen molar-refractivity contribution in [3.8, 4) is 0 Å². The zero-order valence-electron chi connectivity index (χ0n) is 17.7. The van der Waals surface area contributed by atoms with Gasteiger partial charge in [0.2, 0.25) is 0 Å². The molecule has 0 unspecified atom stereocenters. The standard InChI is InChI=1S/C22H38Cl2O4/c1-3-5-7-9-11-13-15-17-27-21(25)19(23)20(24)22(26)28-18-16-14-12-10-8-6-4-2/h3-18H2,1-2H3/b20-19-. The summed E-state index contributed by atoms with van der Waals surface area (Å²) in [7, 11) is 0. The first-order valence-corrected chi connectivity index (χ1v) is 11.7. The Morgan fingerprint density at radius 1 is 0.536 bits per heavy atom. The van der Waals surface area contributed by atoms with E-state index in [0.717, 1.165) is 38.5 Å². The van der Waals surface area contributed by atoms with Gasteiger partial charge in [-0.2, -0.15) is 0 Å². The zero-order chi connectivity index (χ0) is 21.0. The molecule has 0 spiro atoms. The second kappa shape index (κ2) is 19.6. The van der Waals surface area contributed by atoms with E-state index in [-0.39, 0.29) is 13.2 Å². The van der Waals surface area contributed by atoms with Gasteiger partial charge in [-0.25, -0.2) is 9.59 Å². The van der Waals surface area contributed by atoms with Gasteiger partial charge < -0.3 is 9.47 Å². The molecule has 28 heavy (non-hydrogen) atoms. The second-order valence-corrected chi connectivity index (χ2v) is 7.90. The Bertz CT molecular complexity index is 410. The maximum atomic E-state index is 11.9. The van der Waals surface area contributed by atoms with Crippen LogP contribution >= 0.6 is 23.2 Å². The molecule has 0 N–H and O–H groups in total. The van der Waals surface area contributed by atoms with Gasteiger partial charge in [-0.1, -0.05) is 114 Å². The van der Waals surface area contributed by atoms with Crippen molar-refractivity contribution in [3.05, 3.63) is 10.1 Å². The van der Waals surface area contributed by atoms with Crippen molar-refractivity contribution in [3.63, 3.8) is 0 Å².